The second-order valence-corrected chi connectivity index (χ2v) is 4.41. The van der Waals surface area contributed by atoms with Crippen LogP contribution in [0.1, 0.15) is 13.8 Å². The van der Waals surface area contributed by atoms with Gasteiger partial charge in [0.15, 0.2) is 5.78 Å². The van der Waals surface area contributed by atoms with Gasteiger partial charge < -0.3 is 0 Å². The molecular weight excluding hydrogens is 194 g/mol. The number of ketones is 1. The van der Waals surface area contributed by atoms with E-state index < -0.39 is 0 Å². The number of hydrogen-bond acceptors (Lipinski definition) is 3. The van der Waals surface area contributed by atoms with Crippen molar-refractivity contribution >= 4 is 29.1 Å². The summed E-state index contributed by atoms with van der Waals surface area (Å²) in [5.74, 6) is 0.983. The zero-order valence-corrected chi connectivity index (χ0v) is 8.71. The number of hydrogen-bond donors (Lipinski definition) is 1. The van der Waals surface area contributed by atoms with E-state index in [0.717, 1.165) is 5.75 Å². The van der Waals surface area contributed by atoms with E-state index in [1.165, 1.54) is 5.54 Å². The molecule has 0 aromatic rings. The van der Waals surface area contributed by atoms with E-state index in [-0.39, 0.29) is 11.8 Å². The molecule has 1 aliphatic rings. The topological polar surface area (TPSA) is 29.1 Å². The number of nitrogens with one attached hydrogen (secondary N) is 1. The van der Waals surface area contributed by atoms with E-state index in [1.54, 1.807) is 18.7 Å². The number of Topliss-reactive ketones (excluding diaryl/α,β-unsaturated/α-hetero) is 1. The van der Waals surface area contributed by atoms with Crippen LogP contribution in [0, 0.1) is 0 Å². The standard InChI is InChI=1S/C8H12ClNOS/c1-5(11)7(3-9)8-4-12-6(2)10-8/h3,6,8,10H,4H2,1-2H3/b7-3+. The third-order valence-corrected chi connectivity index (χ3v) is 3.25. The lowest BCUT2D eigenvalue weighted by Gasteiger charge is -2.11. The predicted molar refractivity (Wildman–Crippen MR) is 53.5 cm³/mol. The lowest BCUT2D eigenvalue weighted by molar-refractivity contribution is -0.113. The Morgan fingerprint density at radius 1 is 1.75 bits per heavy atom. The predicted octanol–water partition coefficient (Wildman–Crippen LogP) is 1.75. The van der Waals surface area contributed by atoms with Crippen molar-refractivity contribution in [1.82, 2.24) is 5.32 Å². The van der Waals surface area contributed by atoms with Crippen molar-refractivity contribution in [3.05, 3.63) is 11.1 Å². The summed E-state index contributed by atoms with van der Waals surface area (Å²) in [5, 5.41) is 3.69. The van der Waals surface area contributed by atoms with Gasteiger partial charge in [0.2, 0.25) is 0 Å². The van der Waals surface area contributed by atoms with E-state index in [0.29, 0.717) is 10.9 Å². The van der Waals surface area contributed by atoms with Crippen molar-refractivity contribution in [3.8, 4) is 0 Å². The number of halogens is 1. The van der Waals surface area contributed by atoms with E-state index in [4.69, 9.17) is 11.6 Å². The van der Waals surface area contributed by atoms with Gasteiger partial charge in [-0.3, -0.25) is 10.1 Å². The summed E-state index contributed by atoms with van der Waals surface area (Å²) < 4.78 is 0. The Labute approximate surface area is 81.7 Å². The lowest BCUT2D eigenvalue weighted by Crippen LogP contribution is -2.32. The molecule has 12 heavy (non-hydrogen) atoms. The summed E-state index contributed by atoms with van der Waals surface area (Å²) in [6.45, 7) is 3.63. The fourth-order valence-corrected chi connectivity index (χ4v) is 2.52. The van der Waals surface area contributed by atoms with Crippen LogP contribution in [0.5, 0.6) is 0 Å². The van der Waals surface area contributed by atoms with E-state index >= 15 is 0 Å². The molecule has 1 heterocycles. The minimum absolute atomic E-state index is 0.0530. The number of carbonyl (C=O) groups is 1. The normalized spacial score (nSPS) is 30.8. The summed E-state index contributed by atoms with van der Waals surface area (Å²) in [7, 11) is 0. The molecule has 2 nitrogen and oxygen atoms in total. The van der Waals surface area contributed by atoms with Gasteiger partial charge in [-0.15, -0.1) is 11.8 Å². The molecule has 0 aromatic heterocycles. The van der Waals surface area contributed by atoms with E-state index in [9.17, 15) is 4.79 Å². The zero-order chi connectivity index (χ0) is 9.14. The molecule has 1 rings (SSSR count). The van der Waals surface area contributed by atoms with Crippen LogP contribution in [-0.2, 0) is 4.79 Å². The maximum absolute atomic E-state index is 11.1. The fraction of sp³-hybridized carbons (Fsp3) is 0.625. The van der Waals surface area contributed by atoms with Crippen LogP contribution in [0.15, 0.2) is 11.1 Å². The summed E-state index contributed by atoms with van der Waals surface area (Å²) in [4.78, 5) is 11.1. The van der Waals surface area contributed by atoms with Gasteiger partial charge >= 0.3 is 0 Å². The van der Waals surface area contributed by atoms with Crippen molar-refractivity contribution in [2.45, 2.75) is 25.3 Å². The van der Waals surface area contributed by atoms with Crippen LogP contribution in [0.4, 0.5) is 0 Å². The molecule has 0 aliphatic carbocycles. The van der Waals surface area contributed by atoms with Gasteiger partial charge in [0.05, 0.1) is 5.37 Å². The van der Waals surface area contributed by atoms with Crippen LogP contribution in [0.25, 0.3) is 0 Å². The number of carbonyl (C=O) groups excluding carboxylic acids is 1. The van der Waals surface area contributed by atoms with Crippen LogP contribution in [0.3, 0.4) is 0 Å². The van der Waals surface area contributed by atoms with Crippen LogP contribution >= 0.6 is 23.4 Å². The molecule has 0 amide bonds. The van der Waals surface area contributed by atoms with Crippen molar-refractivity contribution < 1.29 is 4.79 Å². The largest absolute Gasteiger partial charge is 0.298 e. The molecule has 68 valence electrons. The summed E-state index contributed by atoms with van der Waals surface area (Å²) in [5.41, 5.74) is 2.08. The molecule has 2 atom stereocenters. The highest BCUT2D eigenvalue weighted by Crippen LogP contribution is 2.23. The first kappa shape index (κ1) is 10.1. The van der Waals surface area contributed by atoms with Crippen molar-refractivity contribution in [2.75, 3.05) is 5.75 Å². The second kappa shape index (κ2) is 4.30. The molecule has 4 heteroatoms. The molecule has 1 N–H and O–H groups in total. The van der Waals surface area contributed by atoms with Gasteiger partial charge in [-0.1, -0.05) is 11.6 Å². The number of thioether (sulfide) groups is 1. The molecule has 1 aliphatic heterocycles. The minimum atomic E-state index is 0.0530. The molecule has 2 unspecified atom stereocenters. The van der Waals surface area contributed by atoms with Gasteiger partial charge in [-0.2, -0.15) is 0 Å². The smallest absolute Gasteiger partial charge is 0.158 e. The van der Waals surface area contributed by atoms with Gasteiger partial charge in [0.25, 0.3) is 0 Å². The maximum atomic E-state index is 11.1. The zero-order valence-electron chi connectivity index (χ0n) is 7.13. The average Bonchev–Trinajstić information content (AvgIpc) is 2.37. The van der Waals surface area contributed by atoms with E-state index in [2.05, 4.69) is 12.2 Å². The van der Waals surface area contributed by atoms with Gasteiger partial charge in [0.1, 0.15) is 0 Å². The molecule has 1 fully saturated rings. The Bertz CT molecular complexity index is 217. The summed E-state index contributed by atoms with van der Waals surface area (Å²) in [6, 6.07) is 0.139. The molecule has 0 bridgehead atoms. The van der Waals surface area contributed by atoms with Gasteiger partial charge in [-0.05, 0) is 13.8 Å². The van der Waals surface area contributed by atoms with Crippen molar-refractivity contribution in [1.29, 1.82) is 0 Å². The quantitative estimate of drug-likeness (QED) is 0.697. The Kier molecular flexibility index (Phi) is 3.62. The second-order valence-electron chi connectivity index (χ2n) is 2.82. The summed E-state index contributed by atoms with van der Waals surface area (Å²) in [6.07, 6.45) is 0. The van der Waals surface area contributed by atoms with Gasteiger partial charge in [-0.25, -0.2) is 0 Å². The van der Waals surface area contributed by atoms with E-state index in [1.807, 2.05) is 0 Å². The molecule has 1 saturated heterocycles. The van der Waals surface area contributed by atoms with Crippen LogP contribution < -0.4 is 5.32 Å². The third-order valence-electron chi connectivity index (χ3n) is 1.85. The Hall–Kier alpha value is 0.01000. The Morgan fingerprint density at radius 3 is 2.75 bits per heavy atom. The first-order valence-electron chi connectivity index (χ1n) is 3.84. The highest BCUT2D eigenvalue weighted by molar-refractivity contribution is 8.00. The minimum Gasteiger partial charge on any atom is -0.298 e. The molecule has 0 saturated carbocycles. The van der Waals surface area contributed by atoms with Crippen molar-refractivity contribution in [3.63, 3.8) is 0 Å². The maximum Gasteiger partial charge on any atom is 0.158 e. The third kappa shape index (κ3) is 2.25. The fourth-order valence-electron chi connectivity index (χ4n) is 1.20. The first-order chi connectivity index (χ1) is 5.65. The van der Waals surface area contributed by atoms with Crippen LogP contribution in [-0.4, -0.2) is 23.0 Å². The van der Waals surface area contributed by atoms with Crippen LogP contribution in [0.2, 0.25) is 0 Å². The monoisotopic (exact) mass is 205 g/mol. The van der Waals surface area contributed by atoms with Crippen molar-refractivity contribution in [2.24, 2.45) is 0 Å². The van der Waals surface area contributed by atoms with Gasteiger partial charge in [0, 0.05) is 22.9 Å². The molecule has 0 spiro atoms. The highest BCUT2D eigenvalue weighted by atomic mass is 35.5. The number of rotatable bonds is 2. The highest BCUT2D eigenvalue weighted by Gasteiger charge is 2.25. The molecule has 0 radical (unpaired) electrons. The lowest BCUT2D eigenvalue weighted by atomic mass is 10.1. The molecule has 0 aromatic carbocycles. The molecular formula is C8H12ClNOS. The SMILES string of the molecule is CC(=O)/C(=C\Cl)C1CSC(C)N1. The Balaban J connectivity index is 2.63. The Morgan fingerprint density at radius 2 is 2.42 bits per heavy atom. The average molecular weight is 206 g/mol. The summed E-state index contributed by atoms with van der Waals surface area (Å²) >= 11 is 7.36. The first-order valence-corrected chi connectivity index (χ1v) is 5.32.